The fraction of sp³-hybridized carbons (Fsp3) is 0.353. The molecule has 24 heavy (non-hydrogen) atoms. The zero-order valence-corrected chi connectivity index (χ0v) is 12.5. The second-order valence-corrected chi connectivity index (χ2v) is 5.64. The standard InChI is InChI=1S/C17H16N2O5/c1-10-8-19-14-7-12(24-17(19)18-15(10)20)13(23-14)9-22-16(21)11-5-3-2-4-6-11/h2-6,8,12-14H,7,9H2,1H3/t12-,13-,14-/m1/s1/i1D3. The Labute approximate surface area is 142 Å². The van der Waals surface area contributed by atoms with Crippen LogP contribution >= 0.6 is 0 Å². The van der Waals surface area contributed by atoms with E-state index in [0.29, 0.717) is 12.0 Å². The van der Waals surface area contributed by atoms with Crippen molar-refractivity contribution in [2.24, 2.45) is 0 Å². The van der Waals surface area contributed by atoms with Gasteiger partial charge in [0.25, 0.3) is 5.56 Å². The van der Waals surface area contributed by atoms with Gasteiger partial charge in [0.1, 0.15) is 25.0 Å². The number of hydrogen-bond acceptors (Lipinski definition) is 6. The summed E-state index contributed by atoms with van der Waals surface area (Å²) >= 11 is 0. The van der Waals surface area contributed by atoms with Gasteiger partial charge in [-0.15, -0.1) is 0 Å². The van der Waals surface area contributed by atoms with Crippen LogP contribution < -0.4 is 10.3 Å². The minimum absolute atomic E-state index is 0.00568. The fourth-order valence-corrected chi connectivity index (χ4v) is 2.84. The van der Waals surface area contributed by atoms with Crippen LogP contribution in [0, 0.1) is 6.85 Å². The van der Waals surface area contributed by atoms with Gasteiger partial charge < -0.3 is 14.2 Å². The lowest BCUT2D eigenvalue weighted by Gasteiger charge is -2.23. The van der Waals surface area contributed by atoms with E-state index in [1.54, 1.807) is 30.3 Å². The lowest BCUT2D eigenvalue weighted by Crippen LogP contribution is -2.34. The molecule has 1 aromatic heterocycles. The first-order valence-corrected chi connectivity index (χ1v) is 7.51. The minimum atomic E-state index is -2.58. The number of benzene rings is 1. The van der Waals surface area contributed by atoms with Crippen LogP contribution in [0.15, 0.2) is 41.3 Å². The average molecular weight is 331 g/mol. The van der Waals surface area contributed by atoms with Crippen LogP contribution in [0.25, 0.3) is 0 Å². The summed E-state index contributed by atoms with van der Waals surface area (Å²) in [6.07, 6.45) is 0.121. The van der Waals surface area contributed by atoms with Crippen molar-refractivity contribution in [2.45, 2.75) is 31.7 Å². The van der Waals surface area contributed by atoms with Crippen molar-refractivity contribution in [1.82, 2.24) is 9.55 Å². The van der Waals surface area contributed by atoms with Crippen LogP contribution in [0.5, 0.6) is 6.01 Å². The monoisotopic (exact) mass is 331 g/mol. The SMILES string of the molecule is [2H]C([2H])([2H])c1cn2c(nc1=O)O[C@@H]1C[C@H]2O[C@@H]1COC(=O)c1ccccc1. The van der Waals surface area contributed by atoms with E-state index in [1.807, 2.05) is 0 Å². The molecule has 1 aromatic carbocycles. The van der Waals surface area contributed by atoms with Crippen molar-refractivity contribution in [1.29, 1.82) is 0 Å². The first-order valence-electron chi connectivity index (χ1n) is 9.01. The van der Waals surface area contributed by atoms with Crippen molar-refractivity contribution < 1.29 is 23.1 Å². The van der Waals surface area contributed by atoms with Crippen molar-refractivity contribution in [3.8, 4) is 6.01 Å². The molecule has 0 saturated carbocycles. The number of aromatic nitrogens is 2. The molecule has 0 radical (unpaired) electrons. The maximum atomic E-state index is 12.1. The number of carbonyl (C=O) groups is 1. The van der Waals surface area contributed by atoms with Crippen molar-refractivity contribution >= 4 is 5.97 Å². The lowest BCUT2D eigenvalue weighted by molar-refractivity contribution is -0.0351. The van der Waals surface area contributed by atoms with E-state index in [-0.39, 0.29) is 12.6 Å². The molecule has 1 saturated heterocycles. The molecule has 4 rings (SSSR count). The molecule has 0 N–H and O–H groups in total. The number of aryl methyl sites for hydroxylation is 1. The Morgan fingerprint density at radius 1 is 1.46 bits per heavy atom. The number of ether oxygens (including phenoxy) is 3. The summed E-state index contributed by atoms with van der Waals surface area (Å²) in [5.41, 5.74) is -0.817. The Hall–Kier alpha value is -2.67. The van der Waals surface area contributed by atoms with Gasteiger partial charge in [-0.1, -0.05) is 18.2 Å². The third-order valence-corrected chi connectivity index (χ3v) is 4.05. The van der Waals surface area contributed by atoms with Crippen LogP contribution in [0.1, 0.15) is 32.7 Å². The molecule has 1 fully saturated rings. The van der Waals surface area contributed by atoms with Gasteiger partial charge in [0, 0.05) is 22.3 Å². The number of hydrogen-bond donors (Lipinski definition) is 0. The maximum Gasteiger partial charge on any atom is 0.338 e. The summed E-state index contributed by atoms with van der Waals surface area (Å²) in [6, 6.07) is 8.57. The highest BCUT2D eigenvalue weighted by Gasteiger charge is 2.43. The normalized spacial score (nSPS) is 26.5. The molecule has 124 valence electrons. The van der Waals surface area contributed by atoms with Gasteiger partial charge >= 0.3 is 12.0 Å². The summed E-state index contributed by atoms with van der Waals surface area (Å²) in [4.78, 5) is 27.8. The summed E-state index contributed by atoms with van der Waals surface area (Å²) in [5.74, 6) is -0.476. The zero-order chi connectivity index (χ0) is 19.2. The summed E-state index contributed by atoms with van der Waals surface area (Å²) in [6.45, 7) is -2.61. The molecule has 0 spiro atoms. The van der Waals surface area contributed by atoms with Crippen LogP contribution in [-0.2, 0) is 9.47 Å². The Balaban J connectivity index is 1.49. The highest BCUT2D eigenvalue weighted by Crippen LogP contribution is 2.37. The van der Waals surface area contributed by atoms with E-state index in [4.69, 9.17) is 18.3 Å². The van der Waals surface area contributed by atoms with Crippen molar-refractivity contribution in [3.05, 3.63) is 58.0 Å². The minimum Gasteiger partial charge on any atom is -0.459 e. The molecule has 3 heterocycles. The molecular weight excluding hydrogens is 312 g/mol. The fourth-order valence-electron chi connectivity index (χ4n) is 2.84. The number of carbonyl (C=O) groups excluding carboxylic acids is 1. The lowest BCUT2D eigenvalue weighted by atomic mass is 10.1. The number of fused-ring (bicyclic) bond motifs is 4. The summed E-state index contributed by atoms with van der Waals surface area (Å²) < 4.78 is 40.5. The third kappa shape index (κ3) is 2.56. The van der Waals surface area contributed by atoms with E-state index >= 15 is 0 Å². The van der Waals surface area contributed by atoms with E-state index in [0.717, 1.165) is 0 Å². The molecule has 2 aromatic rings. The summed E-state index contributed by atoms with van der Waals surface area (Å²) in [7, 11) is 0. The predicted molar refractivity (Wildman–Crippen MR) is 82.9 cm³/mol. The van der Waals surface area contributed by atoms with E-state index in [1.165, 1.54) is 10.8 Å². The Kier molecular flexibility index (Phi) is 2.83. The molecule has 2 aliphatic heterocycles. The van der Waals surface area contributed by atoms with Gasteiger partial charge in [-0.3, -0.25) is 9.36 Å². The second kappa shape index (κ2) is 5.76. The largest absolute Gasteiger partial charge is 0.459 e. The highest BCUT2D eigenvalue weighted by atomic mass is 16.6. The van der Waals surface area contributed by atoms with Crippen LogP contribution in [0.4, 0.5) is 0 Å². The third-order valence-electron chi connectivity index (χ3n) is 4.05. The van der Waals surface area contributed by atoms with Gasteiger partial charge in [-0.25, -0.2) is 4.79 Å². The van der Waals surface area contributed by atoms with Crippen LogP contribution in [0.3, 0.4) is 0 Å². The molecule has 2 aliphatic rings. The number of rotatable bonds is 3. The molecule has 7 heteroatoms. The maximum absolute atomic E-state index is 12.1. The Morgan fingerprint density at radius 2 is 2.29 bits per heavy atom. The van der Waals surface area contributed by atoms with Crippen LogP contribution in [0.2, 0.25) is 0 Å². The van der Waals surface area contributed by atoms with Gasteiger partial charge in [0.15, 0.2) is 0 Å². The first-order chi connectivity index (χ1) is 12.8. The van der Waals surface area contributed by atoms with E-state index in [2.05, 4.69) is 4.98 Å². The van der Waals surface area contributed by atoms with Crippen molar-refractivity contribution in [2.75, 3.05) is 6.61 Å². The molecule has 0 amide bonds. The van der Waals surface area contributed by atoms with E-state index < -0.39 is 42.4 Å². The average Bonchev–Trinajstić information content (AvgIpc) is 2.96. The van der Waals surface area contributed by atoms with Gasteiger partial charge in [0.05, 0.1) is 5.56 Å². The van der Waals surface area contributed by atoms with Gasteiger partial charge in [-0.2, -0.15) is 4.98 Å². The molecular formula is C17H16N2O5. The van der Waals surface area contributed by atoms with Gasteiger partial charge in [-0.05, 0) is 19.0 Å². The van der Waals surface area contributed by atoms with Crippen molar-refractivity contribution in [3.63, 3.8) is 0 Å². The first kappa shape index (κ1) is 11.8. The van der Waals surface area contributed by atoms with Crippen LogP contribution in [-0.4, -0.2) is 34.3 Å². The molecule has 0 aliphatic carbocycles. The Morgan fingerprint density at radius 3 is 3.08 bits per heavy atom. The number of nitrogens with zero attached hydrogens (tertiary/aromatic N) is 2. The molecule has 3 atom stereocenters. The zero-order valence-electron chi connectivity index (χ0n) is 15.5. The molecule has 0 unspecified atom stereocenters. The number of esters is 1. The summed E-state index contributed by atoms with van der Waals surface area (Å²) in [5, 5.41) is 0. The predicted octanol–water partition coefficient (Wildman–Crippen LogP) is 1.46. The topological polar surface area (TPSA) is 79.7 Å². The quantitative estimate of drug-likeness (QED) is 0.792. The second-order valence-electron chi connectivity index (χ2n) is 5.64. The molecule has 2 bridgehead atoms. The molecule has 7 nitrogen and oxygen atoms in total. The smallest absolute Gasteiger partial charge is 0.338 e. The van der Waals surface area contributed by atoms with Gasteiger partial charge in [0.2, 0.25) is 0 Å². The van der Waals surface area contributed by atoms with E-state index in [9.17, 15) is 9.59 Å². The highest BCUT2D eigenvalue weighted by molar-refractivity contribution is 5.89. The Bertz CT molecular complexity index is 928.